The molecule has 1 N–H and O–H groups in total. The summed E-state index contributed by atoms with van der Waals surface area (Å²) >= 11 is 0. The first-order chi connectivity index (χ1) is 9.72. The van der Waals surface area contributed by atoms with Crippen molar-refractivity contribution in [1.82, 2.24) is 9.97 Å². The molecular weight excluding hydrogens is 252 g/mol. The van der Waals surface area contributed by atoms with E-state index in [0.717, 1.165) is 36.4 Å². The number of aromatic amines is 1. The van der Waals surface area contributed by atoms with Gasteiger partial charge in [0.25, 0.3) is 5.56 Å². The molecular formula is C16H20N2O2. The predicted molar refractivity (Wildman–Crippen MR) is 80.1 cm³/mol. The van der Waals surface area contributed by atoms with Gasteiger partial charge in [-0.15, -0.1) is 0 Å². The third-order valence-corrected chi connectivity index (χ3v) is 2.90. The topological polar surface area (TPSA) is 55.0 Å². The van der Waals surface area contributed by atoms with Crippen molar-refractivity contribution in [2.24, 2.45) is 0 Å². The summed E-state index contributed by atoms with van der Waals surface area (Å²) < 4.78 is 5.54. The fourth-order valence-electron chi connectivity index (χ4n) is 1.95. The van der Waals surface area contributed by atoms with Crippen LogP contribution < -0.4 is 10.3 Å². The van der Waals surface area contributed by atoms with Crippen molar-refractivity contribution in [2.45, 2.75) is 33.1 Å². The third kappa shape index (κ3) is 3.70. The van der Waals surface area contributed by atoms with Gasteiger partial charge < -0.3 is 9.72 Å². The Morgan fingerprint density at radius 3 is 2.55 bits per heavy atom. The van der Waals surface area contributed by atoms with Crippen molar-refractivity contribution in [3.8, 4) is 17.0 Å². The highest BCUT2D eigenvalue weighted by molar-refractivity contribution is 5.59. The van der Waals surface area contributed by atoms with Crippen LogP contribution in [0.4, 0.5) is 0 Å². The van der Waals surface area contributed by atoms with E-state index in [9.17, 15) is 4.79 Å². The Morgan fingerprint density at radius 2 is 1.90 bits per heavy atom. The predicted octanol–water partition coefficient (Wildman–Crippen LogP) is 3.18. The second-order valence-corrected chi connectivity index (χ2v) is 4.70. The molecule has 1 aromatic carbocycles. The first kappa shape index (κ1) is 14.3. The minimum atomic E-state index is -0.107. The van der Waals surface area contributed by atoms with Gasteiger partial charge in [0, 0.05) is 18.1 Å². The highest BCUT2D eigenvalue weighted by atomic mass is 16.5. The molecule has 0 aliphatic heterocycles. The molecule has 0 aliphatic carbocycles. The molecule has 1 aromatic heterocycles. The van der Waals surface area contributed by atoms with Crippen LogP contribution in [0.5, 0.6) is 5.75 Å². The normalized spacial score (nSPS) is 10.5. The van der Waals surface area contributed by atoms with Gasteiger partial charge in [-0.05, 0) is 37.1 Å². The monoisotopic (exact) mass is 272 g/mol. The quantitative estimate of drug-likeness (QED) is 0.878. The Kier molecular flexibility index (Phi) is 4.93. The Bertz CT molecular complexity index is 603. The number of nitrogens with zero attached hydrogens (tertiary/aromatic N) is 1. The van der Waals surface area contributed by atoms with Gasteiger partial charge in [-0.25, -0.2) is 4.98 Å². The average molecular weight is 272 g/mol. The molecule has 0 radical (unpaired) electrons. The molecule has 0 aliphatic rings. The minimum absolute atomic E-state index is 0.107. The standard InChI is InChI=1S/C16H20N2O2/c1-3-5-15-17-14(11-16(19)18-15)12-6-8-13(9-7-12)20-10-4-2/h6-9,11H,3-5,10H2,1-2H3,(H,17,18,19). The van der Waals surface area contributed by atoms with Gasteiger partial charge >= 0.3 is 0 Å². The van der Waals surface area contributed by atoms with Crippen molar-refractivity contribution in [3.05, 3.63) is 46.5 Å². The van der Waals surface area contributed by atoms with E-state index in [1.165, 1.54) is 6.07 Å². The number of ether oxygens (including phenoxy) is 1. The molecule has 0 bridgehead atoms. The maximum absolute atomic E-state index is 11.6. The number of aromatic nitrogens is 2. The lowest BCUT2D eigenvalue weighted by molar-refractivity contribution is 0.317. The Morgan fingerprint density at radius 1 is 1.15 bits per heavy atom. The van der Waals surface area contributed by atoms with Crippen molar-refractivity contribution >= 4 is 0 Å². The molecule has 0 atom stereocenters. The summed E-state index contributed by atoms with van der Waals surface area (Å²) in [6.45, 7) is 4.85. The lowest BCUT2D eigenvalue weighted by Gasteiger charge is -2.06. The number of aryl methyl sites for hydroxylation is 1. The molecule has 0 spiro atoms. The van der Waals surface area contributed by atoms with Crippen molar-refractivity contribution in [2.75, 3.05) is 6.61 Å². The van der Waals surface area contributed by atoms with E-state index in [-0.39, 0.29) is 5.56 Å². The summed E-state index contributed by atoms with van der Waals surface area (Å²) in [7, 11) is 0. The zero-order valence-corrected chi connectivity index (χ0v) is 12.0. The fraction of sp³-hybridized carbons (Fsp3) is 0.375. The van der Waals surface area contributed by atoms with E-state index < -0.39 is 0 Å². The Hall–Kier alpha value is -2.10. The smallest absolute Gasteiger partial charge is 0.251 e. The first-order valence-corrected chi connectivity index (χ1v) is 7.06. The lowest BCUT2D eigenvalue weighted by Crippen LogP contribution is -2.10. The van der Waals surface area contributed by atoms with Gasteiger partial charge in [0.2, 0.25) is 0 Å². The minimum Gasteiger partial charge on any atom is -0.494 e. The van der Waals surface area contributed by atoms with E-state index in [1.807, 2.05) is 24.3 Å². The average Bonchev–Trinajstić information content (AvgIpc) is 2.45. The fourth-order valence-corrected chi connectivity index (χ4v) is 1.95. The zero-order valence-electron chi connectivity index (χ0n) is 12.0. The molecule has 0 fully saturated rings. The van der Waals surface area contributed by atoms with Crippen molar-refractivity contribution < 1.29 is 4.74 Å². The third-order valence-electron chi connectivity index (χ3n) is 2.90. The molecule has 2 aromatic rings. The number of rotatable bonds is 6. The van der Waals surface area contributed by atoms with E-state index in [2.05, 4.69) is 23.8 Å². The van der Waals surface area contributed by atoms with Gasteiger partial charge in [0.1, 0.15) is 11.6 Å². The highest BCUT2D eigenvalue weighted by Crippen LogP contribution is 2.20. The summed E-state index contributed by atoms with van der Waals surface area (Å²) in [5.74, 6) is 1.58. The molecule has 0 amide bonds. The number of benzene rings is 1. The van der Waals surface area contributed by atoms with E-state index in [4.69, 9.17) is 4.74 Å². The summed E-state index contributed by atoms with van der Waals surface area (Å²) in [4.78, 5) is 18.9. The molecule has 0 unspecified atom stereocenters. The van der Waals surface area contributed by atoms with Crippen LogP contribution in [0.2, 0.25) is 0 Å². The van der Waals surface area contributed by atoms with Gasteiger partial charge in [-0.3, -0.25) is 4.79 Å². The Balaban J connectivity index is 2.24. The van der Waals surface area contributed by atoms with Crippen LogP contribution in [0.25, 0.3) is 11.3 Å². The van der Waals surface area contributed by atoms with Crippen LogP contribution in [0.1, 0.15) is 32.5 Å². The molecule has 2 rings (SSSR count). The summed E-state index contributed by atoms with van der Waals surface area (Å²) in [6, 6.07) is 9.22. The van der Waals surface area contributed by atoms with Gasteiger partial charge in [0.15, 0.2) is 0 Å². The van der Waals surface area contributed by atoms with E-state index in [1.54, 1.807) is 0 Å². The second kappa shape index (κ2) is 6.89. The zero-order chi connectivity index (χ0) is 14.4. The van der Waals surface area contributed by atoms with E-state index in [0.29, 0.717) is 12.3 Å². The molecule has 4 heteroatoms. The Labute approximate surface area is 118 Å². The molecule has 0 saturated heterocycles. The van der Waals surface area contributed by atoms with Crippen molar-refractivity contribution in [3.63, 3.8) is 0 Å². The second-order valence-electron chi connectivity index (χ2n) is 4.70. The van der Waals surface area contributed by atoms with Crippen LogP contribution in [0.15, 0.2) is 35.1 Å². The van der Waals surface area contributed by atoms with Gasteiger partial charge in [-0.1, -0.05) is 13.8 Å². The maximum Gasteiger partial charge on any atom is 0.251 e. The first-order valence-electron chi connectivity index (χ1n) is 7.06. The molecule has 1 heterocycles. The maximum atomic E-state index is 11.6. The number of hydrogen-bond donors (Lipinski definition) is 1. The van der Waals surface area contributed by atoms with Crippen LogP contribution in [-0.4, -0.2) is 16.6 Å². The van der Waals surface area contributed by atoms with Gasteiger partial charge in [0.05, 0.1) is 12.3 Å². The van der Waals surface area contributed by atoms with Crippen LogP contribution in [0, 0.1) is 0 Å². The SMILES string of the molecule is CCCOc1ccc(-c2cc(=O)[nH]c(CCC)n2)cc1. The molecule has 0 saturated carbocycles. The highest BCUT2D eigenvalue weighted by Gasteiger charge is 2.04. The number of H-pyrrole nitrogens is 1. The van der Waals surface area contributed by atoms with E-state index >= 15 is 0 Å². The van der Waals surface area contributed by atoms with Gasteiger partial charge in [-0.2, -0.15) is 0 Å². The van der Waals surface area contributed by atoms with Crippen LogP contribution in [-0.2, 0) is 6.42 Å². The lowest BCUT2D eigenvalue weighted by atomic mass is 10.1. The molecule has 20 heavy (non-hydrogen) atoms. The summed E-state index contributed by atoms with van der Waals surface area (Å²) in [5, 5.41) is 0. The number of hydrogen-bond acceptors (Lipinski definition) is 3. The molecule has 106 valence electrons. The number of nitrogens with one attached hydrogen (secondary N) is 1. The van der Waals surface area contributed by atoms with Crippen LogP contribution in [0.3, 0.4) is 0 Å². The molecule has 4 nitrogen and oxygen atoms in total. The summed E-state index contributed by atoms with van der Waals surface area (Å²) in [5.41, 5.74) is 1.53. The summed E-state index contributed by atoms with van der Waals surface area (Å²) in [6.07, 6.45) is 2.72. The van der Waals surface area contributed by atoms with Crippen molar-refractivity contribution in [1.29, 1.82) is 0 Å². The largest absolute Gasteiger partial charge is 0.494 e. The van der Waals surface area contributed by atoms with Crippen LogP contribution >= 0.6 is 0 Å².